The topological polar surface area (TPSA) is 64.6 Å². The van der Waals surface area contributed by atoms with Crippen LogP contribution in [0.15, 0.2) is 0 Å². The van der Waals surface area contributed by atoms with E-state index >= 15 is 0 Å². The fraction of sp³-hybridized carbons (Fsp3) is 0.727. The minimum atomic E-state index is -0.191. The first-order valence-electron chi connectivity index (χ1n) is 6.12. The van der Waals surface area contributed by atoms with Crippen LogP contribution >= 0.6 is 22.9 Å². The van der Waals surface area contributed by atoms with Gasteiger partial charge in [0.1, 0.15) is 0 Å². The maximum atomic E-state index is 12.2. The van der Waals surface area contributed by atoms with Gasteiger partial charge < -0.3 is 14.4 Å². The molecule has 19 heavy (non-hydrogen) atoms. The van der Waals surface area contributed by atoms with Crippen molar-refractivity contribution in [3.05, 3.63) is 9.47 Å². The number of nitrogens with zero attached hydrogens (tertiary/aromatic N) is 3. The number of ether oxygens (including phenoxy) is 2. The van der Waals surface area contributed by atoms with Crippen LogP contribution in [0.5, 0.6) is 0 Å². The zero-order valence-electron chi connectivity index (χ0n) is 11.1. The molecular weight excluding hydrogens is 290 g/mol. The van der Waals surface area contributed by atoms with E-state index in [4.69, 9.17) is 21.1 Å². The van der Waals surface area contributed by atoms with Gasteiger partial charge in [-0.15, -0.1) is 10.2 Å². The fourth-order valence-corrected chi connectivity index (χ4v) is 2.18. The summed E-state index contributed by atoms with van der Waals surface area (Å²) in [5, 5.41) is 7.68. The highest BCUT2D eigenvalue weighted by atomic mass is 35.5. The van der Waals surface area contributed by atoms with Gasteiger partial charge in [0.2, 0.25) is 9.47 Å². The van der Waals surface area contributed by atoms with Crippen molar-refractivity contribution in [3.8, 4) is 0 Å². The van der Waals surface area contributed by atoms with Gasteiger partial charge in [-0.2, -0.15) is 0 Å². The van der Waals surface area contributed by atoms with Crippen LogP contribution in [0.1, 0.15) is 23.6 Å². The molecule has 8 heteroatoms. The third-order valence-electron chi connectivity index (χ3n) is 2.29. The third-order valence-corrected chi connectivity index (χ3v) is 3.30. The number of carbonyl (C=O) groups is 1. The molecule has 0 unspecified atom stereocenters. The Morgan fingerprint density at radius 1 is 1.21 bits per heavy atom. The Kier molecular flexibility index (Phi) is 7.88. The second-order valence-corrected chi connectivity index (χ2v) is 5.11. The number of carbonyl (C=O) groups excluding carboxylic acids is 1. The summed E-state index contributed by atoms with van der Waals surface area (Å²) in [6.07, 6.45) is 0. The lowest BCUT2D eigenvalue weighted by Gasteiger charge is -2.21. The molecular formula is C11H18ClN3O3S. The van der Waals surface area contributed by atoms with E-state index in [1.807, 2.05) is 13.8 Å². The van der Waals surface area contributed by atoms with E-state index in [1.54, 1.807) is 4.90 Å². The average Bonchev–Trinajstić information content (AvgIpc) is 2.83. The quantitative estimate of drug-likeness (QED) is 0.650. The van der Waals surface area contributed by atoms with Crippen LogP contribution in [0, 0.1) is 0 Å². The first-order chi connectivity index (χ1) is 9.19. The Morgan fingerprint density at radius 3 is 2.21 bits per heavy atom. The van der Waals surface area contributed by atoms with Crippen molar-refractivity contribution in [3.63, 3.8) is 0 Å². The molecule has 0 saturated heterocycles. The molecule has 1 heterocycles. The summed E-state index contributed by atoms with van der Waals surface area (Å²) < 4.78 is 10.8. The maximum absolute atomic E-state index is 12.2. The zero-order chi connectivity index (χ0) is 14.1. The van der Waals surface area contributed by atoms with Crippen LogP contribution in [0.25, 0.3) is 0 Å². The predicted molar refractivity (Wildman–Crippen MR) is 73.8 cm³/mol. The van der Waals surface area contributed by atoms with Crippen molar-refractivity contribution < 1.29 is 14.3 Å². The Hall–Kier alpha value is -0.760. The van der Waals surface area contributed by atoms with E-state index in [1.165, 1.54) is 0 Å². The smallest absolute Gasteiger partial charge is 0.285 e. The van der Waals surface area contributed by atoms with Gasteiger partial charge in [-0.1, -0.05) is 11.3 Å². The molecule has 6 nitrogen and oxygen atoms in total. The molecule has 0 saturated carbocycles. The van der Waals surface area contributed by atoms with Crippen molar-refractivity contribution in [2.45, 2.75) is 13.8 Å². The first-order valence-corrected chi connectivity index (χ1v) is 7.32. The van der Waals surface area contributed by atoms with Gasteiger partial charge in [0.15, 0.2) is 0 Å². The van der Waals surface area contributed by atoms with Crippen LogP contribution in [0.2, 0.25) is 4.47 Å². The number of amides is 1. The Balaban J connectivity index is 2.57. The van der Waals surface area contributed by atoms with Gasteiger partial charge in [0.05, 0.1) is 13.2 Å². The zero-order valence-corrected chi connectivity index (χ0v) is 12.7. The number of hydrogen-bond acceptors (Lipinski definition) is 6. The molecule has 0 aromatic carbocycles. The normalized spacial score (nSPS) is 10.7. The SMILES string of the molecule is CCOCCN(CCOCC)C(=O)c1nnc(Cl)s1. The van der Waals surface area contributed by atoms with E-state index < -0.39 is 0 Å². The van der Waals surface area contributed by atoms with Gasteiger partial charge >= 0.3 is 0 Å². The van der Waals surface area contributed by atoms with E-state index in [0.29, 0.717) is 39.5 Å². The van der Waals surface area contributed by atoms with Crippen LogP contribution in [0.4, 0.5) is 0 Å². The molecule has 0 fully saturated rings. The summed E-state index contributed by atoms with van der Waals surface area (Å²) in [5.41, 5.74) is 0. The first kappa shape index (κ1) is 16.3. The molecule has 0 atom stereocenters. The van der Waals surface area contributed by atoms with Crippen LogP contribution in [-0.4, -0.2) is 60.5 Å². The number of halogens is 1. The molecule has 0 bridgehead atoms. The van der Waals surface area contributed by atoms with Gasteiger partial charge in [0, 0.05) is 26.3 Å². The molecule has 1 aromatic heterocycles. The lowest BCUT2D eigenvalue weighted by molar-refractivity contribution is 0.0549. The van der Waals surface area contributed by atoms with E-state index in [2.05, 4.69) is 10.2 Å². The lowest BCUT2D eigenvalue weighted by atomic mass is 10.4. The van der Waals surface area contributed by atoms with E-state index in [-0.39, 0.29) is 15.4 Å². The van der Waals surface area contributed by atoms with Gasteiger partial charge in [-0.25, -0.2) is 0 Å². The molecule has 1 amide bonds. The summed E-state index contributed by atoms with van der Waals surface area (Å²) in [4.78, 5) is 13.9. The molecule has 0 N–H and O–H groups in total. The largest absolute Gasteiger partial charge is 0.380 e. The summed E-state index contributed by atoms with van der Waals surface area (Å²) in [6.45, 7) is 7.04. The summed E-state index contributed by atoms with van der Waals surface area (Å²) in [7, 11) is 0. The van der Waals surface area contributed by atoms with Crippen LogP contribution < -0.4 is 0 Å². The van der Waals surface area contributed by atoms with Crippen molar-refractivity contribution in [1.82, 2.24) is 15.1 Å². The van der Waals surface area contributed by atoms with Crippen molar-refractivity contribution in [2.75, 3.05) is 39.5 Å². The molecule has 0 aliphatic carbocycles. The van der Waals surface area contributed by atoms with E-state index in [0.717, 1.165) is 11.3 Å². The molecule has 108 valence electrons. The third kappa shape index (κ3) is 5.82. The Bertz CT molecular complexity index is 379. The van der Waals surface area contributed by atoms with Crippen LogP contribution in [0.3, 0.4) is 0 Å². The summed E-state index contributed by atoms with van der Waals surface area (Å²) in [5.74, 6) is -0.191. The Labute approximate surface area is 121 Å². The summed E-state index contributed by atoms with van der Waals surface area (Å²) in [6, 6.07) is 0. The number of aromatic nitrogens is 2. The summed E-state index contributed by atoms with van der Waals surface area (Å²) >= 11 is 6.76. The molecule has 0 aliphatic heterocycles. The molecule has 0 radical (unpaired) electrons. The number of hydrogen-bond donors (Lipinski definition) is 0. The second-order valence-electron chi connectivity index (χ2n) is 3.55. The van der Waals surface area contributed by atoms with Crippen molar-refractivity contribution >= 4 is 28.8 Å². The standard InChI is InChI=1S/C11H18ClN3O3S/c1-3-17-7-5-15(6-8-18-4-2)10(16)9-13-14-11(12)19-9/h3-8H2,1-2H3. The lowest BCUT2D eigenvalue weighted by Crippen LogP contribution is -2.36. The predicted octanol–water partition coefficient (Wildman–Crippen LogP) is 1.71. The van der Waals surface area contributed by atoms with Gasteiger partial charge in [-0.05, 0) is 25.4 Å². The molecule has 0 aliphatic rings. The highest BCUT2D eigenvalue weighted by molar-refractivity contribution is 7.17. The van der Waals surface area contributed by atoms with E-state index in [9.17, 15) is 4.79 Å². The second kappa shape index (κ2) is 9.19. The monoisotopic (exact) mass is 307 g/mol. The minimum absolute atomic E-state index is 0.191. The highest BCUT2D eigenvalue weighted by Crippen LogP contribution is 2.16. The van der Waals surface area contributed by atoms with Gasteiger partial charge in [0.25, 0.3) is 5.91 Å². The Morgan fingerprint density at radius 2 is 1.79 bits per heavy atom. The minimum Gasteiger partial charge on any atom is -0.380 e. The molecule has 0 spiro atoms. The van der Waals surface area contributed by atoms with Crippen molar-refractivity contribution in [1.29, 1.82) is 0 Å². The van der Waals surface area contributed by atoms with Crippen LogP contribution in [-0.2, 0) is 9.47 Å². The highest BCUT2D eigenvalue weighted by Gasteiger charge is 2.19. The average molecular weight is 308 g/mol. The van der Waals surface area contributed by atoms with Crippen molar-refractivity contribution in [2.24, 2.45) is 0 Å². The molecule has 1 aromatic rings. The molecule has 1 rings (SSSR count). The number of rotatable bonds is 9. The maximum Gasteiger partial charge on any atom is 0.285 e. The van der Waals surface area contributed by atoms with Gasteiger partial charge in [-0.3, -0.25) is 4.79 Å². The fourth-order valence-electron chi connectivity index (χ4n) is 1.38.